The number of aryl methyl sites for hydroxylation is 1. The van der Waals surface area contributed by atoms with Gasteiger partial charge in [-0.3, -0.25) is 0 Å². The molecular weight excluding hydrogens is 192 g/mol. The van der Waals surface area contributed by atoms with Gasteiger partial charge in [0.1, 0.15) is 0 Å². The van der Waals surface area contributed by atoms with E-state index in [1.165, 1.54) is 36.8 Å². The molecule has 0 nitrogen and oxygen atoms in total. The molecule has 1 aromatic rings. The first kappa shape index (κ1) is 13.0. The Labute approximate surface area is 100 Å². The van der Waals surface area contributed by atoms with Crippen molar-refractivity contribution in [3.63, 3.8) is 0 Å². The van der Waals surface area contributed by atoms with E-state index in [2.05, 4.69) is 57.2 Å². The number of rotatable bonds is 6. The Morgan fingerprint density at radius 3 is 2.62 bits per heavy atom. The third-order valence-electron chi connectivity index (χ3n) is 2.71. The fraction of sp³-hybridized carbons (Fsp3) is 0.500. The minimum absolute atomic E-state index is 0.748. The van der Waals surface area contributed by atoms with Crippen LogP contribution in [0.1, 0.15) is 44.7 Å². The lowest BCUT2D eigenvalue weighted by Crippen LogP contribution is -1.95. The average Bonchev–Trinajstić information content (AvgIpc) is 2.24. The lowest BCUT2D eigenvalue weighted by atomic mass is 9.99. The molecule has 0 aliphatic heterocycles. The summed E-state index contributed by atoms with van der Waals surface area (Å²) in [6.07, 6.45) is 9.24. The molecule has 0 atom stereocenters. The summed E-state index contributed by atoms with van der Waals surface area (Å²) in [5, 5.41) is 0. The Hall–Kier alpha value is -1.04. The van der Waals surface area contributed by atoms with Crippen LogP contribution < -0.4 is 0 Å². The van der Waals surface area contributed by atoms with Crippen molar-refractivity contribution in [1.82, 2.24) is 0 Å². The molecule has 0 heterocycles. The third kappa shape index (κ3) is 5.16. The lowest BCUT2D eigenvalue weighted by molar-refractivity contribution is 0.646. The molecule has 0 unspecified atom stereocenters. The normalized spacial score (nSPS) is 11.5. The highest BCUT2D eigenvalue weighted by atomic mass is 14.0. The van der Waals surface area contributed by atoms with Gasteiger partial charge in [0.25, 0.3) is 0 Å². The van der Waals surface area contributed by atoms with E-state index in [4.69, 9.17) is 0 Å². The maximum atomic E-state index is 2.37. The van der Waals surface area contributed by atoms with Crippen molar-refractivity contribution in [3.05, 3.63) is 47.5 Å². The second-order valence-electron chi connectivity index (χ2n) is 4.88. The molecule has 0 bridgehead atoms. The molecule has 16 heavy (non-hydrogen) atoms. The standard InChI is InChI=1S/C16H24/c1-4-5-6-7-9-15-10-8-11-16(13-15)12-14(2)3/h4-5,8,10-11,13-14H,6-7,9,12H2,1-3H3. The quantitative estimate of drug-likeness (QED) is 0.474. The fourth-order valence-electron chi connectivity index (χ4n) is 1.97. The second kappa shape index (κ2) is 7.27. The largest absolute Gasteiger partial charge is 0.0917 e. The molecule has 0 spiro atoms. The first-order valence-corrected chi connectivity index (χ1v) is 6.41. The minimum atomic E-state index is 0.748. The zero-order chi connectivity index (χ0) is 11.8. The summed E-state index contributed by atoms with van der Waals surface area (Å²) in [6.45, 7) is 6.64. The van der Waals surface area contributed by atoms with Gasteiger partial charge < -0.3 is 0 Å². The molecule has 0 saturated heterocycles. The van der Waals surface area contributed by atoms with Crippen LogP contribution in [0.5, 0.6) is 0 Å². The smallest absolute Gasteiger partial charge is 0.0256 e. The van der Waals surface area contributed by atoms with Crippen LogP contribution in [0.25, 0.3) is 0 Å². The summed E-state index contributed by atoms with van der Waals surface area (Å²) in [4.78, 5) is 0. The van der Waals surface area contributed by atoms with E-state index in [1.807, 2.05) is 0 Å². The molecule has 0 amide bonds. The SMILES string of the molecule is CC=CCCCc1cccc(CC(C)C)c1. The van der Waals surface area contributed by atoms with Gasteiger partial charge in [-0.2, -0.15) is 0 Å². The van der Waals surface area contributed by atoms with E-state index in [1.54, 1.807) is 0 Å². The average molecular weight is 216 g/mol. The molecular formula is C16H24. The van der Waals surface area contributed by atoms with Crippen molar-refractivity contribution >= 4 is 0 Å². The van der Waals surface area contributed by atoms with E-state index < -0.39 is 0 Å². The first-order valence-electron chi connectivity index (χ1n) is 6.41. The van der Waals surface area contributed by atoms with Gasteiger partial charge in [-0.1, -0.05) is 50.3 Å². The Balaban J connectivity index is 2.47. The Morgan fingerprint density at radius 1 is 1.19 bits per heavy atom. The van der Waals surface area contributed by atoms with E-state index in [-0.39, 0.29) is 0 Å². The van der Waals surface area contributed by atoms with Crippen molar-refractivity contribution in [3.8, 4) is 0 Å². The molecule has 0 saturated carbocycles. The predicted molar refractivity (Wildman–Crippen MR) is 72.7 cm³/mol. The van der Waals surface area contributed by atoms with Crippen molar-refractivity contribution in [1.29, 1.82) is 0 Å². The summed E-state index contributed by atoms with van der Waals surface area (Å²) in [5.74, 6) is 0.748. The number of benzene rings is 1. The van der Waals surface area contributed by atoms with Gasteiger partial charge in [0.2, 0.25) is 0 Å². The van der Waals surface area contributed by atoms with E-state index in [0.29, 0.717) is 0 Å². The van der Waals surface area contributed by atoms with Gasteiger partial charge in [0.15, 0.2) is 0 Å². The van der Waals surface area contributed by atoms with Crippen LogP contribution in [0.2, 0.25) is 0 Å². The second-order valence-corrected chi connectivity index (χ2v) is 4.88. The summed E-state index contributed by atoms with van der Waals surface area (Å²) < 4.78 is 0. The highest BCUT2D eigenvalue weighted by Gasteiger charge is 1.99. The molecule has 0 N–H and O–H groups in total. The fourth-order valence-corrected chi connectivity index (χ4v) is 1.97. The molecule has 88 valence electrons. The zero-order valence-corrected chi connectivity index (χ0v) is 10.9. The van der Waals surface area contributed by atoms with Gasteiger partial charge >= 0.3 is 0 Å². The molecule has 0 aliphatic rings. The van der Waals surface area contributed by atoms with Crippen LogP contribution in [-0.4, -0.2) is 0 Å². The van der Waals surface area contributed by atoms with Crippen molar-refractivity contribution < 1.29 is 0 Å². The maximum Gasteiger partial charge on any atom is -0.0256 e. The van der Waals surface area contributed by atoms with Gasteiger partial charge in [-0.15, -0.1) is 0 Å². The van der Waals surface area contributed by atoms with E-state index in [9.17, 15) is 0 Å². The predicted octanol–water partition coefficient (Wildman–Crippen LogP) is 4.78. The monoisotopic (exact) mass is 216 g/mol. The summed E-state index contributed by atoms with van der Waals surface area (Å²) >= 11 is 0. The molecule has 1 rings (SSSR count). The van der Waals surface area contributed by atoms with Crippen LogP contribution in [0.3, 0.4) is 0 Å². The topological polar surface area (TPSA) is 0 Å². The van der Waals surface area contributed by atoms with Gasteiger partial charge in [-0.05, 0) is 49.7 Å². The summed E-state index contributed by atoms with van der Waals surface area (Å²) in [5.41, 5.74) is 2.97. The number of hydrogen-bond donors (Lipinski definition) is 0. The number of unbranched alkanes of at least 4 members (excludes halogenated alkanes) is 1. The van der Waals surface area contributed by atoms with Crippen molar-refractivity contribution in [2.45, 2.75) is 46.5 Å². The summed E-state index contributed by atoms with van der Waals surface area (Å²) in [7, 11) is 0. The first-order chi connectivity index (χ1) is 7.72. The molecule has 0 aliphatic carbocycles. The van der Waals surface area contributed by atoms with Crippen LogP contribution in [0.15, 0.2) is 36.4 Å². The van der Waals surface area contributed by atoms with E-state index >= 15 is 0 Å². The molecule has 0 heteroatoms. The Morgan fingerprint density at radius 2 is 1.94 bits per heavy atom. The summed E-state index contributed by atoms with van der Waals surface area (Å²) in [6, 6.07) is 9.06. The highest BCUT2D eigenvalue weighted by Crippen LogP contribution is 2.12. The molecule has 1 aromatic carbocycles. The van der Waals surface area contributed by atoms with Crippen LogP contribution >= 0.6 is 0 Å². The highest BCUT2D eigenvalue weighted by molar-refractivity contribution is 5.24. The van der Waals surface area contributed by atoms with Crippen LogP contribution in [0, 0.1) is 5.92 Å². The molecule has 0 radical (unpaired) electrons. The zero-order valence-electron chi connectivity index (χ0n) is 10.9. The maximum absolute atomic E-state index is 2.37. The van der Waals surface area contributed by atoms with E-state index in [0.717, 1.165) is 5.92 Å². The third-order valence-corrected chi connectivity index (χ3v) is 2.71. The van der Waals surface area contributed by atoms with Gasteiger partial charge in [0.05, 0.1) is 0 Å². The lowest BCUT2D eigenvalue weighted by Gasteiger charge is -2.07. The van der Waals surface area contributed by atoms with Gasteiger partial charge in [-0.25, -0.2) is 0 Å². The van der Waals surface area contributed by atoms with Crippen LogP contribution in [0.4, 0.5) is 0 Å². The number of allylic oxidation sites excluding steroid dienone is 2. The van der Waals surface area contributed by atoms with Crippen molar-refractivity contribution in [2.24, 2.45) is 5.92 Å². The molecule has 0 fully saturated rings. The van der Waals surface area contributed by atoms with Gasteiger partial charge in [0, 0.05) is 0 Å². The van der Waals surface area contributed by atoms with Crippen molar-refractivity contribution in [2.75, 3.05) is 0 Å². The molecule has 0 aromatic heterocycles. The van der Waals surface area contributed by atoms with Crippen LogP contribution in [-0.2, 0) is 12.8 Å². The number of hydrogen-bond acceptors (Lipinski definition) is 0. The Kier molecular flexibility index (Phi) is 5.92. The Bertz CT molecular complexity index is 321. The minimum Gasteiger partial charge on any atom is -0.0917 e.